The molecule has 4 rings (SSSR count). The summed E-state index contributed by atoms with van der Waals surface area (Å²) in [5.74, 6) is -0.0237. The normalized spacial score (nSPS) is 21.4. The Morgan fingerprint density at radius 2 is 2.03 bits per heavy atom. The number of imide groups is 1. The molecule has 1 aromatic heterocycles. The van der Waals surface area contributed by atoms with Gasteiger partial charge in [0, 0.05) is 16.5 Å². The highest BCUT2D eigenvalue weighted by Crippen LogP contribution is 2.27. The number of nitrogens with zero attached hydrogens (tertiary/aromatic N) is 1. The third-order valence-electron chi connectivity index (χ3n) is 5.68. The van der Waals surface area contributed by atoms with Crippen LogP contribution in [0.1, 0.15) is 57.3 Å². The molecule has 1 aromatic carbocycles. The van der Waals surface area contributed by atoms with Gasteiger partial charge < -0.3 is 15.1 Å². The first-order chi connectivity index (χ1) is 13.9. The summed E-state index contributed by atoms with van der Waals surface area (Å²) in [6.45, 7) is 1.81. The summed E-state index contributed by atoms with van der Waals surface area (Å²) in [5, 5.41) is 6.97. The van der Waals surface area contributed by atoms with Gasteiger partial charge in [0.05, 0.1) is 12.5 Å². The van der Waals surface area contributed by atoms with Gasteiger partial charge in [0.25, 0.3) is 5.91 Å². The fourth-order valence-electron chi connectivity index (χ4n) is 4.18. The van der Waals surface area contributed by atoms with Crippen molar-refractivity contribution in [3.05, 3.63) is 35.0 Å². The summed E-state index contributed by atoms with van der Waals surface area (Å²) < 4.78 is 5.77. The van der Waals surface area contributed by atoms with Crippen LogP contribution in [-0.2, 0) is 9.59 Å². The van der Waals surface area contributed by atoms with Gasteiger partial charge in [0.1, 0.15) is 17.4 Å². The molecule has 1 aliphatic heterocycles. The Bertz CT molecular complexity index is 951. The van der Waals surface area contributed by atoms with Crippen LogP contribution in [0.4, 0.5) is 4.79 Å². The van der Waals surface area contributed by atoms with Gasteiger partial charge in [-0.1, -0.05) is 30.9 Å². The molecule has 2 aliphatic rings. The van der Waals surface area contributed by atoms with Gasteiger partial charge in [-0.2, -0.15) is 0 Å². The quantitative estimate of drug-likeness (QED) is 0.721. The lowest BCUT2D eigenvalue weighted by Gasteiger charge is -2.28. The van der Waals surface area contributed by atoms with Gasteiger partial charge in [-0.3, -0.25) is 14.5 Å². The number of amides is 4. The fourth-order valence-corrected chi connectivity index (χ4v) is 4.36. The smallest absolute Gasteiger partial charge is 0.325 e. The second kappa shape index (κ2) is 8.06. The highest BCUT2D eigenvalue weighted by atomic mass is 35.5. The minimum atomic E-state index is -0.814. The lowest BCUT2D eigenvalue weighted by atomic mass is 9.94. The van der Waals surface area contributed by atoms with E-state index in [-0.39, 0.29) is 36.3 Å². The molecule has 4 amide bonds. The number of rotatable bonds is 5. The van der Waals surface area contributed by atoms with Crippen molar-refractivity contribution in [2.75, 3.05) is 0 Å². The van der Waals surface area contributed by atoms with Crippen molar-refractivity contribution in [2.45, 2.75) is 63.6 Å². The number of benzene rings is 1. The van der Waals surface area contributed by atoms with E-state index in [1.54, 1.807) is 25.1 Å². The van der Waals surface area contributed by atoms with Crippen LogP contribution in [0.15, 0.2) is 28.7 Å². The average molecular weight is 418 g/mol. The van der Waals surface area contributed by atoms with E-state index in [1.165, 1.54) is 4.90 Å². The van der Waals surface area contributed by atoms with Gasteiger partial charge in [0.15, 0.2) is 0 Å². The minimum absolute atomic E-state index is 0.0504. The predicted octanol–water partition coefficient (Wildman–Crippen LogP) is 3.91. The summed E-state index contributed by atoms with van der Waals surface area (Å²) in [5.41, 5.74) is 0.687. The van der Waals surface area contributed by atoms with Crippen LogP contribution in [0, 0.1) is 0 Å². The molecular weight excluding hydrogens is 394 g/mol. The van der Waals surface area contributed by atoms with E-state index < -0.39 is 6.04 Å². The first-order valence-corrected chi connectivity index (χ1v) is 10.4. The van der Waals surface area contributed by atoms with Gasteiger partial charge >= 0.3 is 6.03 Å². The summed E-state index contributed by atoms with van der Waals surface area (Å²) in [6.07, 6.45) is 4.76. The average Bonchev–Trinajstić information content (AvgIpc) is 3.23. The first kappa shape index (κ1) is 19.8. The van der Waals surface area contributed by atoms with Crippen molar-refractivity contribution in [3.63, 3.8) is 0 Å². The molecule has 29 heavy (non-hydrogen) atoms. The Kier molecular flexibility index (Phi) is 5.50. The van der Waals surface area contributed by atoms with Crippen LogP contribution < -0.4 is 10.6 Å². The zero-order valence-electron chi connectivity index (χ0n) is 16.2. The van der Waals surface area contributed by atoms with Gasteiger partial charge in [-0.25, -0.2) is 4.79 Å². The van der Waals surface area contributed by atoms with E-state index in [1.807, 2.05) is 6.07 Å². The zero-order chi connectivity index (χ0) is 20.5. The second-order valence-electron chi connectivity index (χ2n) is 7.83. The lowest BCUT2D eigenvalue weighted by Crippen LogP contribution is -2.42. The number of hydrogen-bond donors (Lipinski definition) is 2. The number of nitrogens with one attached hydrogen (secondary N) is 2. The minimum Gasteiger partial charge on any atom is -0.459 e. The van der Waals surface area contributed by atoms with Gasteiger partial charge in [0.2, 0.25) is 5.91 Å². The Labute approximate surface area is 173 Å². The molecule has 2 fully saturated rings. The molecule has 0 unspecified atom stereocenters. The monoisotopic (exact) mass is 417 g/mol. The highest BCUT2D eigenvalue weighted by molar-refractivity contribution is 6.31. The van der Waals surface area contributed by atoms with E-state index in [9.17, 15) is 14.4 Å². The van der Waals surface area contributed by atoms with E-state index in [2.05, 4.69) is 10.6 Å². The molecule has 2 atom stereocenters. The maximum absolute atomic E-state index is 12.7. The lowest BCUT2D eigenvalue weighted by molar-refractivity contribution is -0.132. The Balaban J connectivity index is 1.37. The molecule has 0 bridgehead atoms. The van der Waals surface area contributed by atoms with Crippen molar-refractivity contribution >= 4 is 40.4 Å². The molecule has 1 saturated heterocycles. The molecule has 1 aliphatic carbocycles. The number of carbonyl (C=O) groups excluding carboxylic acids is 3. The second-order valence-corrected chi connectivity index (χ2v) is 8.26. The Morgan fingerprint density at radius 3 is 2.79 bits per heavy atom. The van der Waals surface area contributed by atoms with Crippen LogP contribution in [-0.4, -0.2) is 34.8 Å². The summed E-state index contributed by atoms with van der Waals surface area (Å²) in [4.78, 5) is 38.8. The molecule has 7 nitrogen and oxygen atoms in total. The topological polar surface area (TPSA) is 91.7 Å². The fraction of sp³-hybridized carbons (Fsp3) is 0.476. The van der Waals surface area contributed by atoms with Crippen LogP contribution in [0.3, 0.4) is 0 Å². The molecule has 2 N–H and O–H groups in total. The van der Waals surface area contributed by atoms with Crippen molar-refractivity contribution in [1.82, 2.24) is 15.5 Å². The number of halogens is 1. The maximum Gasteiger partial charge on any atom is 0.325 e. The van der Waals surface area contributed by atoms with Crippen LogP contribution in [0.5, 0.6) is 0 Å². The first-order valence-electron chi connectivity index (χ1n) is 10.0. The highest BCUT2D eigenvalue weighted by Gasteiger charge is 2.43. The van der Waals surface area contributed by atoms with E-state index in [0.717, 1.165) is 37.5 Å². The van der Waals surface area contributed by atoms with Crippen LogP contribution >= 0.6 is 11.6 Å². The summed E-state index contributed by atoms with van der Waals surface area (Å²) in [7, 11) is 0. The SMILES string of the molecule is C[C@H](NC(=O)C[C@H]1NC(=O)N(C2CCCCC2)C1=O)c1cc2cc(Cl)ccc2o1. The molecule has 8 heteroatoms. The van der Waals surface area contributed by atoms with E-state index in [0.29, 0.717) is 16.4 Å². The van der Waals surface area contributed by atoms with Crippen molar-refractivity contribution < 1.29 is 18.8 Å². The Hall–Kier alpha value is -2.54. The third kappa shape index (κ3) is 4.10. The van der Waals surface area contributed by atoms with Crippen LogP contribution in [0.25, 0.3) is 11.0 Å². The number of fused-ring (bicyclic) bond motifs is 1. The molecular formula is C21H24ClN3O4. The van der Waals surface area contributed by atoms with Crippen LogP contribution in [0.2, 0.25) is 5.02 Å². The molecule has 1 saturated carbocycles. The molecule has 0 spiro atoms. The van der Waals surface area contributed by atoms with Gasteiger partial charge in [-0.15, -0.1) is 0 Å². The number of hydrogen-bond acceptors (Lipinski definition) is 4. The molecule has 2 heterocycles. The standard InChI is InChI=1S/C21H24ClN3O4/c1-12(18-10-13-9-14(22)7-8-17(13)29-18)23-19(26)11-16-20(27)25(21(28)24-16)15-5-3-2-4-6-15/h7-10,12,15-16H,2-6,11H2,1H3,(H,23,26)(H,24,28)/t12-,16+/m0/s1. The van der Waals surface area contributed by atoms with E-state index in [4.69, 9.17) is 16.0 Å². The summed E-state index contributed by atoms with van der Waals surface area (Å²) >= 11 is 6.00. The third-order valence-corrected chi connectivity index (χ3v) is 5.92. The Morgan fingerprint density at radius 1 is 1.28 bits per heavy atom. The predicted molar refractivity (Wildman–Crippen MR) is 108 cm³/mol. The van der Waals surface area contributed by atoms with Crippen molar-refractivity contribution in [2.24, 2.45) is 0 Å². The maximum atomic E-state index is 12.7. The van der Waals surface area contributed by atoms with Crippen molar-refractivity contribution in [3.8, 4) is 0 Å². The number of urea groups is 1. The summed E-state index contributed by atoms with van der Waals surface area (Å²) in [6, 6.07) is 5.52. The van der Waals surface area contributed by atoms with E-state index >= 15 is 0 Å². The van der Waals surface area contributed by atoms with Gasteiger partial charge in [-0.05, 0) is 44.0 Å². The number of furan rings is 1. The van der Waals surface area contributed by atoms with Crippen molar-refractivity contribution in [1.29, 1.82) is 0 Å². The zero-order valence-corrected chi connectivity index (χ0v) is 17.0. The largest absolute Gasteiger partial charge is 0.459 e. The molecule has 154 valence electrons. The number of carbonyl (C=O) groups is 3. The molecule has 2 aromatic rings. The molecule has 0 radical (unpaired) electrons.